The summed E-state index contributed by atoms with van der Waals surface area (Å²) in [5.74, 6) is -0.807. The highest BCUT2D eigenvalue weighted by Gasteiger charge is 2.30. The van der Waals surface area contributed by atoms with Gasteiger partial charge in [0.05, 0.1) is 12.7 Å². The van der Waals surface area contributed by atoms with Crippen LogP contribution >= 0.6 is 0 Å². The van der Waals surface area contributed by atoms with Gasteiger partial charge in [-0.3, -0.25) is 9.69 Å². The molecule has 0 bridgehead atoms. The number of para-hydroxylation sites is 2. The van der Waals surface area contributed by atoms with Gasteiger partial charge in [0.15, 0.2) is 0 Å². The van der Waals surface area contributed by atoms with E-state index in [0.717, 1.165) is 11.8 Å². The second kappa shape index (κ2) is 5.52. The van der Waals surface area contributed by atoms with Crippen LogP contribution in [-0.4, -0.2) is 12.0 Å². The van der Waals surface area contributed by atoms with Gasteiger partial charge in [0, 0.05) is 21.6 Å². The Balaban J connectivity index is 2.45. The Hall–Kier alpha value is -2.82. The predicted molar refractivity (Wildman–Crippen MR) is 82.8 cm³/mol. The van der Waals surface area contributed by atoms with E-state index in [9.17, 15) is 9.59 Å². The van der Waals surface area contributed by atoms with E-state index in [4.69, 9.17) is 14.6 Å². The van der Waals surface area contributed by atoms with Crippen LogP contribution in [0.2, 0.25) is 0 Å². The molecule has 1 aliphatic heterocycles. The molecule has 0 fully saturated rings. The van der Waals surface area contributed by atoms with Gasteiger partial charge in [0.2, 0.25) is 0 Å². The monoisotopic (exact) mass is 299 g/mol. The van der Waals surface area contributed by atoms with Crippen LogP contribution in [0.15, 0.2) is 48.5 Å². The SMILES string of the molecule is [2H]C1([2H])c2ccccc2N(C(N)=O)c2ccccc2[C@@]1([2H])OC(C)=O. The minimum absolute atomic E-state index is 0.0289. The minimum Gasteiger partial charge on any atom is -0.457 e. The fourth-order valence-electron chi connectivity index (χ4n) is 2.42. The molecule has 0 saturated carbocycles. The normalized spacial score (nSPS) is 23.9. The van der Waals surface area contributed by atoms with E-state index >= 15 is 0 Å². The summed E-state index contributed by atoms with van der Waals surface area (Å²) in [5, 5.41) is 0. The molecule has 0 unspecified atom stereocenters. The molecule has 1 atom stereocenters. The van der Waals surface area contributed by atoms with Crippen LogP contribution in [-0.2, 0) is 15.9 Å². The molecule has 112 valence electrons. The molecule has 22 heavy (non-hydrogen) atoms. The maximum Gasteiger partial charge on any atom is 0.323 e. The van der Waals surface area contributed by atoms with Crippen molar-refractivity contribution in [3.8, 4) is 0 Å². The number of primary amides is 1. The van der Waals surface area contributed by atoms with Crippen molar-refractivity contribution in [3.63, 3.8) is 0 Å². The molecule has 0 aromatic heterocycles. The average Bonchev–Trinajstić information content (AvgIpc) is 2.59. The van der Waals surface area contributed by atoms with Crippen molar-refractivity contribution in [2.75, 3.05) is 4.90 Å². The lowest BCUT2D eigenvalue weighted by molar-refractivity contribution is -0.146. The number of ether oxygens (including phenoxy) is 1. The first-order chi connectivity index (χ1) is 11.7. The molecule has 3 rings (SSSR count). The number of esters is 1. The lowest BCUT2D eigenvalue weighted by atomic mass is 10.0. The molecule has 0 aliphatic carbocycles. The summed E-state index contributed by atoms with van der Waals surface area (Å²) in [4.78, 5) is 24.9. The molecule has 5 heteroatoms. The van der Waals surface area contributed by atoms with E-state index in [1.54, 1.807) is 24.3 Å². The average molecular weight is 299 g/mol. The first kappa shape index (κ1) is 10.8. The van der Waals surface area contributed by atoms with Crippen LogP contribution in [0, 0.1) is 0 Å². The predicted octanol–water partition coefficient (Wildman–Crippen LogP) is 3.06. The van der Waals surface area contributed by atoms with Gasteiger partial charge in [-0.05, 0) is 17.7 Å². The number of rotatable bonds is 1. The van der Waals surface area contributed by atoms with Gasteiger partial charge in [-0.15, -0.1) is 0 Å². The lowest BCUT2D eigenvalue weighted by Gasteiger charge is -2.23. The topological polar surface area (TPSA) is 72.6 Å². The Morgan fingerprint density at radius 2 is 1.86 bits per heavy atom. The number of benzene rings is 2. The molecular weight excluding hydrogens is 280 g/mol. The van der Waals surface area contributed by atoms with E-state index in [1.165, 1.54) is 24.3 Å². The van der Waals surface area contributed by atoms with Crippen LogP contribution in [0.4, 0.5) is 16.2 Å². The molecule has 0 saturated heterocycles. The highest BCUT2D eigenvalue weighted by Crippen LogP contribution is 2.41. The third-order valence-electron chi connectivity index (χ3n) is 3.25. The molecule has 2 aromatic rings. The van der Waals surface area contributed by atoms with E-state index in [-0.39, 0.29) is 22.5 Å². The second-order valence-corrected chi connectivity index (χ2v) is 4.76. The number of hydrogen-bond acceptors (Lipinski definition) is 3. The second-order valence-electron chi connectivity index (χ2n) is 4.76. The fourth-order valence-corrected chi connectivity index (χ4v) is 2.42. The summed E-state index contributed by atoms with van der Waals surface area (Å²) >= 11 is 0. The van der Waals surface area contributed by atoms with Crippen LogP contribution in [0.25, 0.3) is 0 Å². The minimum atomic E-state index is -2.43. The summed E-state index contributed by atoms with van der Waals surface area (Å²) in [6.45, 7) is 1.11. The Morgan fingerprint density at radius 1 is 1.23 bits per heavy atom. The zero-order chi connectivity index (χ0) is 18.4. The van der Waals surface area contributed by atoms with Gasteiger partial charge in [0.25, 0.3) is 0 Å². The Morgan fingerprint density at radius 3 is 2.55 bits per heavy atom. The lowest BCUT2D eigenvalue weighted by Crippen LogP contribution is -2.32. The third kappa shape index (κ3) is 2.41. The quantitative estimate of drug-likeness (QED) is 0.822. The van der Waals surface area contributed by atoms with Gasteiger partial charge in [-0.25, -0.2) is 4.79 Å². The first-order valence-corrected chi connectivity index (χ1v) is 6.68. The van der Waals surface area contributed by atoms with Crippen molar-refractivity contribution in [2.24, 2.45) is 5.73 Å². The van der Waals surface area contributed by atoms with Crippen molar-refractivity contribution >= 4 is 23.4 Å². The summed E-state index contributed by atoms with van der Waals surface area (Å²) in [6.07, 6.45) is -4.83. The molecule has 2 amide bonds. The number of anilines is 2. The van der Waals surface area contributed by atoms with Crippen molar-refractivity contribution in [3.05, 3.63) is 59.7 Å². The number of hydrogen-bond donors (Lipinski definition) is 1. The zero-order valence-electron chi connectivity index (χ0n) is 14.9. The van der Waals surface area contributed by atoms with E-state index in [2.05, 4.69) is 0 Å². The summed E-state index contributed by atoms with van der Waals surface area (Å²) < 4.78 is 31.1. The number of carbonyl (C=O) groups excluding carboxylic acids is 2. The standard InChI is InChI=1S/C17H16N2O3/c1-11(20)22-16-10-12-6-2-4-8-14(12)19(17(18)21)15-9-5-3-7-13(15)16/h2-9,16H,10H2,1H3,(H2,18,21)/t16-/m0/s1/i10D2,16D. The summed E-state index contributed by atoms with van der Waals surface area (Å²) in [6, 6.07) is 11.6. The molecule has 0 spiro atoms. The van der Waals surface area contributed by atoms with Crippen LogP contribution in [0.1, 0.15) is 28.2 Å². The van der Waals surface area contributed by atoms with Crippen molar-refractivity contribution in [2.45, 2.75) is 19.4 Å². The first-order valence-electron chi connectivity index (χ1n) is 8.18. The van der Waals surface area contributed by atoms with Gasteiger partial charge in [-0.2, -0.15) is 0 Å². The number of urea groups is 1. The zero-order valence-corrected chi connectivity index (χ0v) is 11.9. The largest absolute Gasteiger partial charge is 0.457 e. The fraction of sp³-hybridized carbons (Fsp3) is 0.176. The molecule has 1 aliphatic rings. The Labute approximate surface area is 132 Å². The maximum atomic E-state index is 12.1. The molecule has 0 radical (unpaired) electrons. The maximum absolute atomic E-state index is 12.1. The summed E-state index contributed by atoms with van der Waals surface area (Å²) in [7, 11) is 0. The summed E-state index contributed by atoms with van der Waals surface area (Å²) in [5.41, 5.74) is 6.00. The van der Waals surface area contributed by atoms with E-state index in [0.29, 0.717) is 0 Å². The van der Waals surface area contributed by atoms with Gasteiger partial charge in [-0.1, -0.05) is 36.4 Å². The molecule has 1 heterocycles. The molecule has 5 nitrogen and oxygen atoms in total. The number of nitrogens with zero attached hydrogens (tertiary/aromatic N) is 1. The molecule has 2 N–H and O–H groups in total. The van der Waals surface area contributed by atoms with Crippen molar-refractivity contribution in [1.82, 2.24) is 0 Å². The Kier molecular flexibility index (Phi) is 2.72. The third-order valence-corrected chi connectivity index (χ3v) is 3.25. The smallest absolute Gasteiger partial charge is 0.323 e. The Bertz CT molecular complexity index is 872. The highest BCUT2D eigenvalue weighted by atomic mass is 16.5. The highest BCUT2D eigenvalue weighted by molar-refractivity contribution is 6.00. The molecule has 2 aromatic carbocycles. The van der Waals surface area contributed by atoms with Crippen LogP contribution in [0.3, 0.4) is 0 Å². The van der Waals surface area contributed by atoms with Gasteiger partial charge < -0.3 is 10.5 Å². The molecular formula is C17H16N2O3. The number of carbonyl (C=O) groups is 2. The van der Waals surface area contributed by atoms with Crippen LogP contribution < -0.4 is 10.6 Å². The van der Waals surface area contributed by atoms with Gasteiger partial charge >= 0.3 is 12.0 Å². The van der Waals surface area contributed by atoms with Crippen molar-refractivity contribution < 1.29 is 18.4 Å². The van der Waals surface area contributed by atoms with E-state index < -0.39 is 24.5 Å². The van der Waals surface area contributed by atoms with Crippen LogP contribution in [0.5, 0.6) is 0 Å². The number of nitrogens with two attached hydrogens (primary N) is 1. The van der Waals surface area contributed by atoms with Crippen molar-refractivity contribution in [1.29, 1.82) is 0 Å². The van der Waals surface area contributed by atoms with E-state index in [1.807, 2.05) is 0 Å². The number of fused-ring (bicyclic) bond motifs is 2. The number of amides is 2. The van der Waals surface area contributed by atoms with Gasteiger partial charge in [0.1, 0.15) is 6.08 Å².